The number of halogens is 1. The van der Waals surface area contributed by atoms with E-state index in [1.807, 2.05) is 4.90 Å². The Bertz CT molecular complexity index is 329. The lowest BCUT2D eigenvalue weighted by molar-refractivity contribution is -0.135. The third-order valence-electron chi connectivity index (χ3n) is 4.05. The number of carbonyl (C=O) groups excluding carboxylic acids is 1. The number of aliphatic imine (C=N–C) groups is 1. The van der Waals surface area contributed by atoms with Gasteiger partial charge in [-0.15, -0.1) is 24.0 Å². The van der Waals surface area contributed by atoms with E-state index in [1.54, 1.807) is 7.05 Å². The topological polar surface area (TPSA) is 70.7 Å². The molecule has 0 aromatic rings. The Kier molecular flexibility index (Phi) is 6.88. The molecule has 3 N–H and O–H groups in total. The highest BCUT2D eigenvalue weighted by Gasteiger charge is 2.31. The molecule has 0 radical (unpaired) electrons. The van der Waals surface area contributed by atoms with Gasteiger partial charge in [0.25, 0.3) is 0 Å². The first-order valence-electron chi connectivity index (χ1n) is 6.98. The maximum Gasteiger partial charge on any atom is 0.225 e. The van der Waals surface area contributed by atoms with Crippen LogP contribution in [0.5, 0.6) is 0 Å². The molecule has 0 aromatic carbocycles. The predicted octanol–water partition coefficient (Wildman–Crippen LogP) is 1.32. The highest BCUT2D eigenvalue weighted by atomic mass is 127. The predicted molar refractivity (Wildman–Crippen MR) is 87.7 cm³/mol. The summed E-state index contributed by atoms with van der Waals surface area (Å²) < 4.78 is 0. The van der Waals surface area contributed by atoms with Crippen LogP contribution in [0.3, 0.4) is 0 Å². The van der Waals surface area contributed by atoms with Gasteiger partial charge in [0, 0.05) is 32.1 Å². The molecule has 1 atom stereocenters. The lowest BCUT2D eigenvalue weighted by atomic mass is 9.88. The molecule has 19 heavy (non-hydrogen) atoms. The number of amides is 1. The largest absolute Gasteiger partial charge is 0.370 e. The van der Waals surface area contributed by atoms with Crippen molar-refractivity contribution in [3.63, 3.8) is 0 Å². The molecule has 110 valence electrons. The summed E-state index contributed by atoms with van der Waals surface area (Å²) in [5, 5.41) is 3.15. The van der Waals surface area contributed by atoms with Crippen molar-refractivity contribution in [1.29, 1.82) is 0 Å². The van der Waals surface area contributed by atoms with Crippen molar-refractivity contribution < 1.29 is 4.79 Å². The van der Waals surface area contributed by atoms with Crippen molar-refractivity contribution >= 4 is 35.8 Å². The number of guanidine groups is 1. The Balaban J connectivity index is 0.00000180. The van der Waals surface area contributed by atoms with Crippen molar-refractivity contribution in [3.8, 4) is 0 Å². The zero-order chi connectivity index (χ0) is 13.0. The van der Waals surface area contributed by atoms with Gasteiger partial charge in [-0.3, -0.25) is 9.79 Å². The van der Waals surface area contributed by atoms with Crippen LogP contribution in [0.4, 0.5) is 0 Å². The average molecular weight is 380 g/mol. The van der Waals surface area contributed by atoms with Crippen molar-refractivity contribution in [2.75, 3.05) is 20.1 Å². The molecular formula is C13H25IN4O. The molecule has 1 saturated carbocycles. The molecule has 1 amide bonds. The Hall–Kier alpha value is -0.530. The second kappa shape index (κ2) is 7.91. The number of hydrogen-bond acceptors (Lipinski definition) is 2. The summed E-state index contributed by atoms with van der Waals surface area (Å²) in [5.74, 6) is 1.09. The number of nitrogens with zero attached hydrogens (tertiary/aromatic N) is 2. The summed E-state index contributed by atoms with van der Waals surface area (Å²) in [6.07, 6.45) is 6.83. The van der Waals surface area contributed by atoms with Gasteiger partial charge in [0.05, 0.1) is 0 Å². The van der Waals surface area contributed by atoms with Crippen LogP contribution in [0, 0.1) is 5.92 Å². The lowest BCUT2D eigenvalue weighted by Gasteiger charge is -2.26. The van der Waals surface area contributed by atoms with E-state index in [2.05, 4.69) is 10.3 Å². The number of nitrogens with two attached hydrogens (primary N) is 1. The molecule has 1 unspecified atom stereocenters. The molecule has 0 bridgehead atoms. The molecule has 6 heteroatoms. The molecular weight excluding hydrogens is 355 g/mol. The number of carbonyl (C=O) groups is 1. The molecule has 2 fully saturated rings. The van der Waals surface area contributed by atoms with E-state index in [0.29, 0.717) is 11.9 Å². The van der Waals surface area contributed by atoms with Crippen LogP contribution < -0.4 is 11.1 Å². The van der Waals surface area contributed by atoms with E-state index in [1.165, 1.54) is 19.3 Å². The van der Waals surface area contributed by atoms with Gasteiger partial charge in [-0.25, -0.2) is 0 Å². The van der Waals surface area contributed by atoms with E-state index in [0.717, 1.165) is 32.4 Å². The molecule has 2 rings (SSSR count). The Morgan fingerprint density at radius 2 is 1.95 bits per heavy atom. The van der Waals surface area contributed by atoms with Crippen molar-refractivity contribution in [3.05, 3.63) is 0 Å². The SMILES string of the molecule is CN=C(N)NC1CCN(C(=O)C2CCCCC2)C1.I. The zero-order valence-electron chi connectivity index (χ0n) is 11.6. The van der Waals surface area contributed by atoms with E-state index < -0.39 is 0 Å². The first-order chi connectivity index (χ1) is 8.70. The maximum absolute atomic E-state index is 12.3. The third-order valence-corrected chi connectivity index (χ3v) is 4.05. The summed E-state index contributed by atoms with van der Waals surface area (Å²) in [5.41, 5.74) is 5.65. The van der Waals surface area contributed by atoms with Crippen LogP contribution in [-0.4, -0.2) is 42.9 Å². The van der Waals surface area contributed by atoms with Gasteiger partial charge >= 0.3 is 0 Å². The summed E-state index contributed by atoms with van der Waals surface area (Å²) in [6.45, 7) is 1.62. The van der Waals surface area contributed by atoms with Crippen LogP contribution in [-0.2, 0) is 4.79 Å². The smallest absolute Gasteiger partial charge is 0.225 e. The first-order valence-corrected chi connectivity index (χ1v) is 6.98. The molecule has 2 aliphatic rings. The zero-order valence-corrected chi connectivity index (χ0v) is 13.9. The normalized spacial score (nSPS) is 25.0. The highest BCUT2D eigenvalue weighted by molar-refractivity contribution is 14.0. The lowest BCUT2D eigenvalue weighted by Crippen LogP contribution is -2.43. The number of rotatable bonds is 2. The average Bonchev–Trinajstić information content (AvgIpc) is 2.87. The van der Waals surface area contributed by atoms with Crippen molar-refractivity contribution in [2.45, 2.75) is 44.6 Å². The number of nitrogens with one attached hydrogen (secondary N) is 1. The minimum Gasteiger partial charge on any atom is -0.370 e. The first kappa shape index (κ1) is 16.5. The highest BCUT2D eigenvalue weighted by Crippen LogP contribution is 2.26. The molecule has 1 heterocycles. The van der Waals surface area contributed by atoms with Gasteiger partial charge in [0.1, 0.15) is 0 Å². The van der Waals surface area contributed by atoms with E-state index >= 15 is 0 Å². The number of hydrogen-bond donors (Lipinski definition) is 2. The maximum atomic E-state index is 12.3. The van der Waals surface area contributed by atoms with Crippen LogP contribution >= 0.6 is 24.0 Å². The van der Waals surface area contributed by atoms with Gasteiger partial charge in [-0.1, -0.05) is 19.3 Å². The fourth-order valence-electron chi connectivity index (χ4n) is 2.96. The van der Waals surface area contributed by atoms with Gasteiger partial charge in [-0.05, 0) is 19.3 Å². The Labute approximate surface area is 132 Å². The summed E-state index contributed by atoms with van der Waals surface area (Å²) >= 11 is 0. The second-order valence-corrected chi connectivity index (χ2v) is 5.36. The van der Waals surface area contributed by atoms with Gasteiger partial charge in [0.15, 0.2) is 5.96 Å². The van der Waals surface area contributed by atoms with Gasteiger partial charge in [0.2, 0.25) is 5.91 Å². The van der Waals surface area contributed by atoms with Gasteiger partial charge in [-0.2, -0.15) is 0 Å². The molecule has 5 nitrogen and oxygen atoms in total. The molecule has 1 aliphatic carbocycles. The third kappa shape index (κ3) is 4.50. The standard InChI is InChI=1S/C13H24N4O.HI/c1-15-13(14)16-11-7-8-17(9-11)12(18)10-5-3-2-4-6-10;/h10-11H,2-9H2,1H3,(H3,14,15,16);1H. The van der Waals surface area contributed by atoms with Crippen LogP contribution in [0.15, 0.2) is 4.99 Å². The fraction of sp³-hybridized carbons (Fsp3) is 0.846. The van der Waals surface area contributed by atoms with E-state index in [-0.39, 0.29) is 35.9 Å². The Morgan fingerprint density at radius 3 is 2.58 bits per heavy atom. The van der Waals surface area contributed by atoms with Crippen LogP contribution in [0.2, 0.25) is 0 Å². The minimum absolute atomic E-state index is 0. The second-order valence-electron chi connectivity index (χ2n) is 5.36. The monoisotopic (exact) mass is 380 g/mol. The quantitative estimate of drug-likeness (QED) is 0.431. The van der Waals surface area contributed by atoms with E-state index in [9.17, 15) is 4.79 Å². The molecule has 1 saturated heterocycles. The van der Waals surface area contributed by atoms with Gasteiger partial charge < -0.3 is 16.0 Å². The summed E-state index contributed by atoms with van der Waals surface area (Å²) in [7, 11) is 1.67. The van der Waals surface area contributed by atoms with Crippen molar-refractivity contribution in [2.24, 2.45) is 16.6 Å². The molecule has 0 spiro atoms. The molecule has 1 aliphatic heterocycles. The van der Waals surface area contributed by atoms with Crippen molar-refractivity contribution in [1.82, 2.24) is 10.2 Å². The fourth-order valence-corrected chi connectivity index (χ4v) is 2.96. The summed E-state index contributed by atoms with van der Waals surface area (Å²) in [4.78, 5) is 18.2. The van der Waals surface area contributed by atoms with Crippen LogP contribution in [0.25, 0.3) is 0 Å². The number of likely N-dealkylation sites (tertiary alicyclic amines) is 1. The molecule has 0 aromatic heterocycles. The van der Waals surface area contributed by atoms with Crippen LogP contribution in [0.1, 0.15) is 38.5 Å². The summed E-state index contributed by atoms with van der Waals surface area (Å²) in [6, 6.07) is 0.265. The Morgan fingerprint density at radius 1 is 1.26 bits per heavy atom. The van der Waals surface area contributed by atoms with E-state index in [4.69, 9.17) is 5.73 Å². The minimum atomic E-state index is 0.